The minimum atomic E-state index is -0.691. The summed E-state index contributed by atoms with van der Waals surface area (Å²) in [5.74, 6) is -0.691. The number of hydrogen-bond donors (Lipinski definition) is 2. The molecule has 0 spiro atoms. The Hall–Kier alpha value is 0.430. The van der Waals surface area contributed by atoms with Crippen molar-refractivity contribution in [2.75, 3.05) is 13.1 Å². The van der Waals surface area contributed by atoms with E-state index in [1.807, 2.05) is 0 Å². The molecule has 0 aliphatic carbocycles. The van der Waals surface area contributed by atoms with E-state index in [-0.39, 0.29) is 36.0 Å². The van der Waals surface area contributed by atoms with Gasteiger partial charge in [0.25, 0.3) is 0 Å². The summed E-state index contributed by atoms with van der Waals surface area (Å²) >= 11 is 0. The van der Waals surface area contributed by atoms with Gasteiger partial charge in [-0.2, -0.15) is 0 Å². The predicted molar refractivity (Wildman–Crippen MR) is 116 cm³/mol. The second-order valence-corrected chi connectivity index (χ2v) is 7.55. The Morgan fingerprint density at radius 3 is 1.35 bits per heavy atom. The van der Waals surface area contributed by atoms with E-state index in [1.165, 1.54) is 103 Å². The fraction of sp³-hybridized carbons (Fsp3) is 0.955. The third-order valence-electron chi connectivity index (χ3n) is 4.95. The van der Waals surface area contributed by atoms with E-state index in [4.69, 9.17) is 5.11 Å². The minimum absolute atomic E-state index is 0. The van der Waals surface area contributed by atoms with Crippen molar-refractivity contribution in [3.8, 4) is 0 Å². The second-order valence-electron chi connectivity index (χ2n) is 7.55. The van der Waals surface area contributed by atoms with Crippen molar-refractivity contribution in [1.29, 1.82) is 0 Å². The maximum absolute atomic E-state index is 10.4. The molecule has 152 valence electrons. The van der Waals surface area contributed by atoms with Crippen molar-refractivity contribution >= 4 is 35.5 Å². The van der Waals surface area contributed by atoms with E-state index < -0.39 is 5.97 Å². The van der Waals surface area contributed by atoms with Gasteiger partial charge in [0.15, 0.2) is 0 Å². The number of unbranched alkanes of at least 4 members (excludes halogenated alkanes) is 15. The van der Waals surface area contributed by atoms with E-state index >= 15 is 0 Å². The summed E-state index contributed by atoms with van der Waals surface area (Å²) in [6, 6.07) is 0. The van der Waals surface area contributed by atoms with Crippen LogP contribution in [0, 0.1) is 0 Å². The molecule has 4 heteroatoms. The predicted octanol–water partition coefficient (Wildman–Crippen LogP) is 6.05. The van der Waals surface area contributed by atoms with E-state index in [1.54, 1.807) is 0 Å². The fourth-order valence-corrected chi connectivity index (χ4v) is 3.29. The average Bonchev–Trinajstić information content (AvgIpc) is 2.60. The monoisotopic (exact) mass is 379 g/mol. The van der Waals surface area contributed by atoms with E-state index in [0.29, 0.717) is 0 Å². The Balaban J connectivity index is 0. The van der Waals surface area contributed by atoms with Crippen LogP contribution in [0.15, 0.2) is 0 Å². The van der Waals surface area contributed by atoms with Crippen molar-refractivity contribution in [1.82, 2.24) is 5.32 Å². The summed E-state index contributed by atoms with van der Waals surface area (Å²) in [4.78, 5) is 10.4. The molecule has 0 aliphatic heterocycles. The van der Waals surface area contributed by atoms with Gasteiger partial charge in [0.1, 0.15) is 0 Å². The number of carboxylic acid groups (broad SMARTS) is 1. The van der Waals surface area contributed by atoms with Crippen LogP contribution in [-0.4, -0.2) is 53.7 Å². The molecule has 0 atom stereocenters. The second kappa shape index (κ2) is 25.4. The number of hydrogen-bond acceptors (Lipinski definition) is 2. The van der Waals surface area contributed by atoms with Crippen LogP contribution in [0.4, 0.5) is 0 Å². The van der Waals surface area contributed by atoms with Gasteiger partial charge >= 0.3 is 35.5 Å². The van der Waals surface area contributed by atoms with Crippen molar-refractivity contribution < 1.29 is 9.90 Å². The fourth-order valence-electron chi connectivity index (χ4n) is 3.29. The number of carbonyl (C=O) groups is 1. The third-order valence-corrected chi connectivity index (χ3v) is 4.95. The molecule has 0 amide bonds. The summed E-state index contributed by atoms with van der Waals surface area (Å²) in [5, 5.41) is 11.9. The molecule has 0 bridgehead atoms. The van der Waals surface area contributed by atoms with Crippen LogP contribution < -0.4 is 5.32 Å². The zero-order valence-electron chi connectivity index (χ0n) is 17.0. The van der Waals surface area contributed by atoms with Gasteiger partial charge in [0.05, 0.1) is 0 Å². The van der Waals surface area contributed by atoms with Crippen molar-refractivity contribution in [3.05, 3.63) is 0 Å². The average molecular weight is 380 g/mol. The van der Waals surface area contributed by atoms with Gasteiger partial charge in [-0.25, -0.2) is 0 Å². The Labute approximate surface area is 185 Å². The molecule has 0 radical (unpaired) electrons. The molecule has 0 aromatic heterocycles. The van der Waals surface area contributed by atoms with E-state index in [2.05, 4.69) is 12.2 Å². The van der Waals surface area contributed by atoms with Gasteiger partial charge in [0.2, 0.25) is 0 Å². The molecule has 26 heavy (non-hydrogen) atoms. The Bertz CT molecular complexity index is 275. The van der Waals surface area contributed by atoms with Gasteiger partial charge in [-0.15, -0.1) is 0 Å². The first kappa shape index (κ1) is 28.6. The molecule has 2 N–H and O–H groups in total. The van der Waals surface area contributed by atoms with Gasteiger partial charge in [0, 0.05) is 6.42 Å². The first-order valence-corrected chi connectivity index (χ1v) is 11.2. The van der Waals surface area contributed by atoms with Crippen LogP contribution in [0.25, 0.3) is 0 Å². The van der Waals surface area contributed by atoms with Gasteiger partial charge in [-0.1, -0.05) is 103 Å². The Morgan fingerprint density at radius 2 is 0.962 bits per heavy atom. The van der Waals surface area contributed by atoms with Crippen molar-refractivity contribution in [3.63, 3.8) is 0 Å². The molecule has 3 nitrogen and oxygen atoms in total. The topological polar surface area (TPSA) is 49.3 Å². The van der Waals surface area contributed by atoms with Crippen LogP contribution in [0.5, 0.6) is 0 Å². The zero-order chi connectivity index (χ0) is 18.4. The molecule has 0 aromatic carbocycles. The van der Waals surface area contributed by atoms with Gasteiger partial charge in [-0.3, -0.25) is 4.79 Å². The molecule has 0 heterocycles. The molecular formula is C22H46NNaO2. The van der Waals surface area contributed by atoms with Crippen LogP contribution in [0.3, 0.4) is 0 Å². The normalized spacial score (nSPS) is 10.7. The van der Waals surface area contributed by atoms with Crippen molar-refractivity contribution in [2.45, 2.75) is 122 Å². The van der Waals surface area contributed by atoms with Gasteiger partial charge < -0.3 is 10.4 Å². The Morgan fingerprint density at radius 1 is 0.615 bits per heavy atom. The SMILES string of the molecule is CCCCCCCCCCCCCCCCCCNCCCC(=O)O.[NaH]. The summed E-state index contributed by atoms with van der Waals surface area (Å²) in [5.41, 5.74) is 0. The summed E-state index contributed by atoms with van der Waals surface area (Å²) in [6.45, 7) is 4.16. The first-order valence-electron chi connectivity index (χ1n) is 11.2. The summed E-state index contributed by atoms with van der Waals surface area (Å²) in [6.07, 6.45) is 23.5. The molecular weight excluding hydrogens is 333 g/mol. The molecule has 0 aliphatic rings. The van der Waals surface area contributed by atoms with Crippen LogP contribution in [-0.2, 0) is 4.79 Å². The van der Waals surface area contributed by atoms with E-state index in [0.717, 1.165) is 19.5 Å². The molecule has 0 unspecified atom stereocenters. The molecule has 0 aromatic rings. The van der Waals surface area contributed by atoms with Crippen molar-refractivity contribution in [2.24, 2.45) is 0 Å². The standard InChI is InChI=1S/C22H45NO2.Na.H/c1-2-3-4-5-6-7-8-9-10-11-12-13-14-15-16-17-20-23-21-18-19-22(24)25;;/h23H,2-21H2,1H3,(H,24,25);;. The van der Waals surface area contributed by atoms with Crippen LogP contribution in [0.1, 0.15) is 122 Å². The Kier molecular flexibility index (Phi) is 28.0. The molecule has 0 rings (SSSR count). The quantitative estimate of drug-likeness (QED) is 0.188. The van der Waals surface area contributed by atoms with Crippen LogP contribution >= 0.6 is 0 Å². The third kappa shape index (κ3) is 26.7. The number of aliphatic carboxylic acids is 1. The summed E-state index contributed by atoms with van der Waals surface area (Å²) in [7, 11) is 0. The van der Waals surface area contributed by atoms with Gasteiger partial charge in [-0.05, 0) is 25.9 Å². The molecule has 0 saturated carbocycles. The number of rotatable bonds is 21. The first-order chi connectivity index (χ1) is 12.3. The number of carboxylic acids is 1. The summed E-state index contributed by atoms with van der Waals surface area (Å²) < 4.78 is 0. The van der Waals surface area contributed by atoms with E-state index in [9.17, 15) is 4.79 Å². The zero-order valence-corrected chi connectivity index (χ0v) is 17.0. The number of nitrogens with one attached hydrogen (secondary N) is 1. The maximum atomic E-state index is 10.4. The molecule has 0 fully saturated rings. The van der Waals surface area contributed by atoms with Crippen LogP contribution in [0.2, 0.25) is 0 Å². The molecule has 0 saturated heterocycles.